The minimum Gasteiger partial charge on any atom is -0.481 e. The van der Waals surface area contributed by atoms with Crippen molar-refractivity contribution >= 4 is 5.97 Å². The van der Waals surface area contributed by atoms with Crippen molar-refractivity contribution < 1.29 is 30.3 Å². The molecule has 5 aliphatic rings. The Kier molecular flexibility index (Phi) is 6.12. The van der Waals surface area contributed by atoms with Crippen molar-refractivity contribution in [3.05, 3.63) is 11.6 Å². The minimum absolute atomic E-state index is 0.00767. The minimum atomic E-state index is -0.939. The van der Waals surface area contributed by atoms with Crippen molar-refractivity contribution in [1.82, 2.24) is 0 Å². The number of aliphatic hydroxyl groups excluding tert-OH is 4. The summed E-state index contributed by atoms with van der Waals surface area (Å²) in [5.74, 6) is -1.38. The highest BCUT2D eigenvalue weighted by Crippen LogP contribution is 2.75. The van der Waals surface area contributed by atoms with Gasteiger partial charge in [0, 0.05) is 17.4 Å². The standard InChI is InChI=1S/C30H48O6/c1-17-23(25(35)36)19(33)14-30(16-32)13-12-28(4)18(24(17)30)6-7-21-26(2)10-9-22(34)27(3,15-31)20(26)8-11-29(21,28)5/h6,17,19-24,31-34H,7-16H2,1-5H3,(H,35,36)/t17-,19-,20+,21+,22-,23-,24-,26-,27+,28+,29+,30-/m0/s1. The molecule has 5 aliphatic carbocycles. The molecule has 0 heterocycles. The lowest BCUT2D eigenvalue weighted by Crippen LogP contribution is -2.66. The molecule has 0 radical (unpaired) electrons. The van der Waals surface area contributed by atoms with Crippen LogP contribution in [0.2, 0.25) is 0 Å². The van der Waals surface area contributed by atoms with Crippen LogP contribution in [0.25, 0.3) is 0 Å². The molecule has 0 aromatic carbocycles. The van der Waals surface area contributed by atoms with Gasteiger partial charge in [0.2, 0.25) is 0 Å². The lowest BCUT2D eigenvalue weighted by Gasteiger charge is -2.71. The average Bonchev–Trinajstić information content (AvgIpc) is 2.81. The molecule has 4 saturated carbocycles. The van der Waals surface area contributed by atoms with Crippen LogP contribution in [0.3, 0.4) is 0 Å². The summed E-state index contributed by atoms with van der Waals surface area (Å²) in [6.45, 7) is 11.3. The van der Waals surface area contributed by atoms with Crippen molar-refractivity contribution in [1.29, 1.82) is 0 Å². The van der Waals surface area contributed by atoms with Gasteiger partial charge in [-0.15, -0.1) is 0 Å². The van der Waals surface area contributed by atoms with E-state index in [2.05, 4.69) is 33.8 Å². The summed E-state index contributed by atoms with van der Waals surface area (Å²) >= 11 is 0. The topological polar surface area (TPSA) is 118 Å². The molecule has 0 amide bonds. The van der Waals surface area contributed by atoms with Gasteiger partial charge in [0.15, 0.2) is 0 Å². The van der Waals surface area contributed by atoms with E-state index in [9.17, 15) is 30.3 Å². The molecular weight excluding hydrogens is 456 g/mol. The van der Waals surface area contributed by atoms with Crippen molar-refractivity contribution in [2.24, 2.45) is 56.7 Å². The van der Waals surface area contributed by atoms with Gasteiger partial charge >= 0.3 is 5.97 Å². The second kappa shape index (κ2) is 8.27. The fraction of sp³-hybridized carbons (Fsp3) is 0.900. The third kappa shape index (κ3) is 3.08. The number of hydrogen-bond donors (Lipinski definition) is 5. The summed E-state index contributed by atoms with van der Waals surface area (Å²) in [6, 6.07) is 0. The highest BCUT2D eigenvalue weighted by Gasteiger charge is 2.69. The largest absolute Gasteiger partial charge is 0.481 e. The van der Waals surface area contributed by atoms with E-state index in [-0.39, 0.29) is 47.2 Å². The molecule has 4 fully saturated rings. The zero-order valence-electron chi connectivity index (χ0n) is 22.8. The molecule has 36 heavy (non-hydrogen) atoms. The summed E-state index contributed by atoms with van der Waals surface area (Å²) < 4.78 is 0. The molecule has 6 heteroatoms. The third-order valence-corrected chi connectivity index (χ3v) is 13.5. The molecule has 5 N–H and O–H groups in total. The lowest BCUT2D eigenvalue weighted by atomic mass is 9.33. The molecule has 0 aliphatic heterocycles. The molecule has 0 unspecified atom stereocenters. The number of carboxylic acids is 1. The first-order valence-corrected chi connectivity index (χ1v) is 14.3. The quantitative estimate of drug-likeness (QED) is 0.371. The van der Waals surface area contributed by atoms with Crippen LogP contribution in [0, 0.1) is 56.7 Å². The van der Waals surface area contributed by atoms with Crippen molar-refractivity contribution in [3.63, 3.8) is 0 Å². The molecule has 0 spiro atoms. The first-order valence-electron chi connectivity index (χ1n) is 14.3. The van der Waals surface area contributed by atoms with E-state index in [4.69, 9.17) is 0 Å². The van der Waals surface area contributed by atoms with Crippen molar-refractivity contribution in [3.8, 4) is 0 Å². The van der Waals surface area contributed by atoms with Gasteiger partial charge in [0.1, 0.15) is 0 Å². The normalized spacial score (nSPS) is 56.5. The number of rotatable bonds is 3. The average molecular weight is 505 g/mol. The first-order chi connectivity index (χ1) is 16.8. The zero-order valence-corrected chi connectivity index (χ0v) is 22.8. The summed E-state index contributed by atoms with van der Waals surface area (Å²) in [5, 5.41) is 52.9. The lowest BCUT2D eigenvalue weighted by molar-refractivity contribution is -0.220. The summed E-state index contributed by atoms with van der Waals surface area (Å²) in [5.41, 5.74) is 0.286. The Bertz CT molecular complexity index is 948. The van der Waals surface area contributed by atoms with Crippen LogP contribution in [0.5, 0.6) is 0 Å². The summed E-state index contributed by atoms with van der Waals surface area (Å²) in [4.78, 5) is 12.2. The van der Waals surface area contributed by atoms with E-state index in [1.54, 1.807) is 0 Å². The molecule has 0 bridgehead atoms. The second-order valence-electron chi connectivity index (χ2n) is 14.5. The zero-order chi connectivity index (χ0) is 26.5. The van der Waals surface area contributed by atoms with E-state index < -0.39 is 34.9 Å². The Hall–Kier alpha value is -0.950. The predicted molar refractivity (Wildman–Crippen MR) is 137 cm³/mol. The summed E-state index contributed by atoms with van der Waals surface area (Å²) in [7, 11) is 0. The van der Waals surface area contributed by atoms with Crippen molar-refractivity contribution in [2.75, 3.05) is 13.2 Å². The predicted octanol–water partition coefficient (Wildman–Crippen LogP) is 4.01. The van der Waals surface area contributed by atoms with Crippen LogP contribution in [0.1, 0.15) is 86.0 Å². The van der Waals surface area contributed by atoms with Gasteiger partial charge in [-0.2, -0.15) is 0 Å². The Morgan fingerprint density at radius 3 is 2.28 bits per heavy atom. The molecule has 6 nitrogen and oxygen atoms in total. The maximum atomic E-state index is 12.2. The number of aliphatic carboxylic acids is 1. The van der Waals surface area contributed by atoms with Crippen molar-refractivity contribution in [2.45, 2.75) is 98.2 Å². The first kappa shape index (κ1) is 26.6. The van der Waals surface area contributed by atoms with Crippen LogP contribution in [0.15, 0.2) is 11.6 Å². The third-order valence-electron chi connectivity index (χ3n) is 13.5. The molecule has 12 atom stereocenters. The van der Waals surface area contributed by atoms with Gasteiger partial charge in [-0.1, -0.05) is 46.3 Å². The Balaban J connectivity index is 1.60. The van der Waals surface area contributed by atoms with Gasteiger partial charge in [0.05, 0.1) is 24.7 Å². The molecule has 0 saturated heterocycles. The van der Waals surface area contributed by atoms with Gasteiger partial charge in [-0.05, 0) is 91.3 Å². The van der Waals surface area contributed by atoms with Crippen LogP contribution >= 0.6 is 0 Å². The number of hydrogen-bond acceptors (Lipinski definition) is 5. The van der Waals surface area contributed by atoms with E-state index in [1.807, 2.05) is 6.92 Å². The van der Waals surface area contributed by atoms with Gasteiger partial charge in [0.25, 0.3) is 0 Å². The number of carboxylic acid groups (broad SMARTS) is 1. The Labute approximate surface area is 216 Å². The Morgan fingerprint density at radius 2 is 1.67 bits per heavy atom. The number of aliphatic hydroxyl groups is 4. The van der Waals surface area contributed by atoms with E-state index >= 15 is 0 Å². The second-order valence-corrected chi connectivity index (χ2v) is 14.5. The Morgan fingerprint density at radius 1 is 0.972 bits per heavy atom. The maximum absolute atomic E-state index is 12.2. The monoisotopic (exact) mass is 504 g/mol. The number of fused-ring (bicyclic) bond motifs is 7. The van der Waals surface area contributed by atoms with E-state index in [0.29, 0.717) is 12.3 Å². The molecule has 0 aromatic rings. The number of carbonyl (C=O) groups is 1. The summed E-state index contributed by atoms with van der Waals surface area (Å²) in [6.07, 6.45) is 7.65. The van der Waals surface area contributed by atoms with Gasteiger partial charge in [-0.25, -0.2) is 0 Å². The molecule has 204 valence electrons. The molecule has 0 aromatic heterocycles. The fourth-order valence-corrected chi connectivity index (χ4v) is 11.3. The molecule has 5 rings (SSSR count). The van der Waals surface area contributed by atoms with Crippen LogP contribution < -0.4 is 0 Å². The van der Waals surface area contributed by atoms with Gasteiger partial charge in [-0.3, -0.25) is 4.79 Å². The maximum Gasteiger partial charge on any atom is 0.309 e. The smallest absolute Gasteiger partial charge is 0.309 e. The number of allylic oxidation sites excluding steroid dienone is 2. The highest BCUT2D eigenvalue weighted by atomic mass is 16.4. The van der Waals surface area contributed by atoms with Crippen LogP contribution in [0.4, 0.5) is 0 Å². The van der Waals surface area contributed by atoms with Crippen LogP contribution in [-0.2, 0) is 4.79 Å². The van der Waals surface area contributed by atoms with E-state index in [0.717, 1.165) is 44.9 Å². The SMILES string of the molecule is C[C@H]1[C@H](C(=O)O)[C@@H](O)C[C@]2(CO)CC[C@]3(C)C(=CC[C@@H]4[C@@]5(C)CC[C@H](O)[C@](C)(CO)[C@@H]5CC[C@]43C)[C@H]12. The fourth-order valence-electron chi connectivity index (χ4n) is 11.3. The molecular formula is C30H48O6. The van der Waals surface area contributed by atoms with Crippen LogP contribution in [-0.4, -0.2) is 56.9 Å². The highest BCUT2D eigenvalue weighted by molar-refractivity contribution is 5.71. The van der Waals surface area contributed by atoms with Gasteiger partial charge < -0.3 is 25.5 Å². The van der Waals surface area contributed by atoms with E-state index in [1.165, 1.54) is 5.57 Å².